The Morgan fingerprint density at radius 1 is 1.42 bits per heavy atom. The average molecular weight is 190 g/mol. The van der Waals surface area contributed by atoms with Crippen LogP contribution in [0, 0.1) is 5.82 Å². The van der Waals surface area contributed by atoms with Gasteiger partial charge in [0.1, 0.15) is 18.2 Å². The molecule has 0 atom stereocenters. The molecule has 1 aromatic rings. The Balaban J connectivity index is 0.000000720. The van der Waals surface area contributed by atoms with Crippen LogP contribution in [-0.2, 0) is 0 Å². The highest BCUT2D eigenvalue weighted by molar-refractivity contribution is 5.85. The lowest BCUT2D eigenvalue weighted by Crippen LogP contribution is -2.17. The molecule has 1 N–H and O–H groups in total. The number of halogens is 2. The fraction of sp³-hybridized carbons (Fsp3) is 0.250. The Kier molecular flexibility index (Phi) is 2.76. The van der Waals surface area contributed by atoms with E-state index in [1.807, 2.05) is 0 Å². The van der Waals surface area contributed by atoms with Crippen molar-refractivity contribution in [2.75, 3.05) is 18.5 Å². The van der Waals surface area contributed by atoms with Gasteiger partial charge in [-0.05, 0) is 12.1 Å². The number of hydrogen-bond donors (Lipinski definition) is 1. The molecule has 4 heteroatoms. The van der Waals surface area contributed by atoms with Crippen LogP contribution in [0.1, 0.15) is 0 Å². The van der Waals surface area contributed by atoms with Gasteiger partial charge in [-0.25, -0.2) is 4.39 Å². The van der Waals surface area contributed by atoms with E-state index in [1.165, 1.54) is 12.1 Å². The Hall–Kier alpha value is -0.960. The van der Waals surface area contributed by atoms with Gasteiger partial charge in [0.15, 0.2) is 0 Å². The van der Waals surface area contributed by atoms with Crippen LogP contribution in [-0.4, -0.2) is 13.2 Å². The molecule has 0 amide bonds. The van der Waals surface area contributed by atoms with Crippen molar-refractivity contribution < 1.29 is 9.13 Å². The number of anilines is 1. The smallest absolute Gasteiger partial charge is 0.145 e. The van der Waals surface area contributed by atoms with Crippen LogP contribution >= 0.6 is 12.4 Å². The summed E-state index contributed by atoms with van der Waals surface area (Å²) in [6, 6.07) is 4.49. The summed E-state index contributed by atoms with van der Waals surface area (Å²) in [6.45, 7) is 1.40. The maximum Gasteiger partial charge on any atom is 0.145 e. The molecule has 0 aliphatic carbocycles. The predicted octanol–water partition coefficient (Wildman–Crippen LogP) is 2.05. The van der Waals surface area contributed by atoms with Gasteiger partial charge in [-0.1, -0.05) is 0 Å². The third-order valence-corrected chi connectivity index (χ3v) is 1.62. The largest absolute Gasteiger partial charge is 0.489 e. The maximum absolute atomic E-state index is 12.6. The van der Waals surface area contributed by atoms with Crippen LogP contribution in [0.5, 0.6) is 5.75 Å². The number of rotatable bonds is 0. The lowest BCUT2D eigenvalue weighted by atomic mass is 10.2. The molecule has 1 aromatic carbocycles. The minimum atomic E-state index is -0.257. The van der Waals surface area contributed by atoms with Crippen LogP contribution in [0.25, 0.3) is 0 Å². The van der Waals surface area contributed by atoms with E-state index in [1.54, 1.807) is 6.07 Å². The molecular formula is C8H9ClFNO. The normalized spacial score (nSPS) is 13.4. The predicted molar refractivity (Wildman–Crippen MR) is 47.6 cm³/mol. The summed E-state index contributed by atoms with van der Waals surface area (Å²) < 4.78 is 17.8. The first-order chi connectivity index (χ1) is 5.36. The number of fused-ring (bicyclic) bond motifs is 1. The molecule has 2 nitrogen and oxygen atoms in total. The lowest BCUT2D eigenvalue weighted by Gasteiger charge is -2.18. The van der Waals surface area contributed by atoms with Crippen LogP contribution in [0.15, 0.2) is 18.2 Å². The number of ether oxygens (including phenoxy) is 1. The molecule has 1 aliphatic rings. The Morgan fingerprint density at radius 2 is 2.25 bits per heavy atom. The Labute approximate surface area is 76.1 Å². The monoisotopic (exact) mass is 189 g/mol. The second-order valence-electron chi connectivity index (χ2n) is 2.42. The highest BCUT2D eigenvalue weighted by Crippen LogP contribution is 2.27. The molecule has 12 heavy (non-hydrogen) atoms. The highest BCUT2D eigenvalue weighted by atomic mass is 35.5. The van der Waals surface area contributed by atoms with Gasteiger partial charge in [0, 0.05) is 12.6 Å². The van der Waals surface area contributed by atoms with Crippen molar-refractivity contribution in [3.8, 4) is 5.75 Å². The molecule has 1 aliphatic heterocycles. The minimum Gasteiger partial charge on any atom is -0.489 e. The summed E-state index contributed by atoms with van der Waals surface area (Å²) in [5, 5.41) is 3.10. The minimum absolute atomic E-state index is 0. The van der Waals surface area contributed by atoms with Crippen molar-refractivity contribution in [3.63, 3.8) is 0 Å². The standard InChI is InChI=1S/C8H8FNO.ClH/c9-6-1-2-7-8(5-6)11-4-3-10-7;/h1-2,5,10H,3-4H2;1H. The van der Waals surface area contributed by atoms with Crippen LogP contribution < -0.4 is 10.1 Å². The third-order valence-electron chi connectivity index (χ3n) is 1.62. The van der Waals surface area contributed by atoms with Gasteiger partial charge in [0.2, 0.25) is 0 Å². The number of nitrogens with one attached hydrogen (secondary N) is 1. The third kappa shape index (κ3) is 1.61. The second kappa shape index (κ2) is 3.63. The Morgan fingerprint density at radius 3 is 3.08 bits per heavy atom. The lowest BCUT2D eigenvalue weighted by molar-refractivity contribution is 0.321. The molecule has 0 spiro atoms. The highest BCUT2D eigenvalue weighted by Gasteiger charge is 2.08. The van der Waals surface area contributed by atoms with Crippen molar-refractivity contribution in [3.05, 3.63) is 24.0 Å². The molecule has 0 unspecified atom stereocenters. The van der Waals surface area contributed by atoms with Crippen LogP contribution in [0.3, 0.4) is 0 Å². The van der Waals surface area contributed by atoms with Crippen molar-refractivity contribution in [1.29, 1.82) is 0 Å². The number of hydrogen-bond acceptors (Lipinski definition) is 2. The molecule has 1 heterocycles. The van der Waals surface area contributed by atoms with Crippen molar-refractivity contribution in [2.24, 2.45) is 0 Å². The first-order valence-corrected chi connectivity index (χ1v) is 3.52. The van der Waals surface area contributed by atoms with E-state index in [0.717, 1.165) is 12.2 Å². The quantitative estimate of drug-likeness (QED) is 0.675. The first-order valence-electron chi connectivity index (χ1n) is 3.52. The number of benzene rings is 1. The molecule has 0 fully saturated rings. The summed E-state index contributed by atoms with van der Waals surface area (Å²) in [7, 11) is 0. The van der Waals surface area contributed by atoms with Crippen molar-refractivity contribution in [2.45, 2.75) is 0 Å². The summed E-state index contributed by atoms with van der Waals surface area (Å²) in [6.07, 6.45) is 0. The van der Waals surface area contributed by atoms with Gasteiger partial charge >= 0.3 is 0 Å². The molecule has 0 bridgehead atoms. The maximum atomic E-state index is 12.6. The van der Waals surface area contributed by atoms with Gasteiger partial charge in [0.25, 0.3) is 0 Å². The molecule has 2 rings (SSSR count). The first kappa shape index (κ1) is 9.13. The fourth-order valence-corrected chi connectivity index (χ4v) is 1.11. The van der Waals surface area contributed by atoms with E-state index < -0.39 is 0 Å². The van der Waals surface area contributed by atoms with E-state index in [0.29, 0.717) is 12.4 Å². The van der Waals surface area contributed by atoms with E-state index >= 15 is 0 Å². The van der Waals surface area contributed by atoms with E-state index in [2.05, 4.69) is 5.32 Å². The summed E-state index contributed by atoms with van der Waals surface area (Å²) in [4.78, 5) is 0. The molecule has 0 saturated heterocycles. The van der Waals surface area contributed by atoms with Gasteiger partial charge in [0.05, 0.1) is 5.69 Å². The Bertz CT molecular complexity index is 280. The second-order valence-corrected chi connectivity index (χ2v) is 2.42. The zero-order chi connectivity index (χ0) is 7.68. The molecule has 0 saturated carbocycles. The van der Waals surface area contributed by atoms with E-state index in [9.17, 15) is 4.39 Å². The fourth-order valence-electron chi connectivity index (χ4n) is 1.11. The molecule has 0 radical (unpaired) electrons. The van der Waals surface area contributed by atoms with E-state index in [-0.39, 0.29) is 18.2 Å². The van der Waals surface area contributed by atoms with Crippen molar-refractivity contribution in [1.82, 2.24) is 0 Å². The van der Waals surface area contributed by atoms with Gasteiger partial charge < -0.3 is 10.1 Å². The van der Waals surface area contributed by atoms with E-state index in [4.69, 9.17) is 4.74 Å². The van der Waals surface area contributed by atoms with Crippen molar-refractivity contribution >= 4 is 18.1 Å². The molecular weight excluding hydrogens is 181 g/mol. The zero-order valence-electron chi connectivity index (χ0n) is 6.34. The summed E-state index contributed by atoms with van der Waals surface area (Å²) in [5.74, 6) is 0.351. The van der Waals surface area contributed by atoms with Crippen LogP contribution in [0.2, 0.25) is 0 Å². The summed E-state index contributed by atoms with van der Waals surface area (Å²) >= 11 is 0. The molecule has 0 aromatic heterocycles. The zero-order valence-corrected chi connectivity index (χ0v) is 7.16. The van der Waals surface area contributed by atoms with Gasteiger partial charge in [-0.3, -0.25) is 0 Å². The topological polar surface area (TPSA) is 21.3 Å². The van der Waals surface area contributed by atoms with Gasteiger partial charge in [-0.15, -0.1) is 12.4 Å². The van der Waals surface area contributed by atoms with Crippen LogP contribution in [0.4, 0.5) is 10.1 Å². The average Bonchev–Trinajstić information content (AvgIpc) is 2.04. The SMILES string of the molecule is Cl.Fc1ccc2c(c1)OCCN2. The summed E-state index contributed by atoms with van der Waals surface area (Å²) in [5.41, 5.74) is 0.873. The van der Waals surface area contributed by atoms with Gasteiger partial charge in [-0.2, -0.15) is 0 Å². The molecule has 66 valence electrons.